The SMILES string of the molecule is CCCNC(=O)C1(Cc2ccccc2-c2cccs2)CCN(C(=O)CC)CC1. The molecule has 2 heterocycles. The maximum absolute atomic E-state index is 13.2. The topological polar surface area (TPSA) is 49.4 Å². The van der Waals surface area contributed by atoms with Crippen molar-refractivity contribution in [2.45, 2.75) is 46.0 Å². The maximum atomic E-state index is 13.2. The second-order valence-electron chi connectivity index (χ2n) is 7.58. The van der Waals surface area contributed by atoms with Gasteiger partial charge in [0.2, 0.25) is 11.8 Å². The summed E-state index contributed by atoms with van der Waals surface area (Å²) in [5.74, 6) is 0.320. The van der Waals surface area contributed by atoms with E-state index < -0.39 is 5.41 Å². The Balaban J connectivity index is 1.87. The van der Waals surface area contributed by atoms with Crippen molar-refractivity contribution in [2.24, 2.45) is 5.41 Å². The number of thiophene rings is 1. The highest BCUT2D eigenvalue weighted by atomic mass is 32.1. The van der Waals surface area contributed by atoms with Crippen LogP contribution in [0.5, 0.6) is 0 Å². The molecule has 0 atom stereocenters. The summed E-state index contributed by atoms with van der Waals surface area (Å²) < 4.78 is 0. The molecule has 0 unspecified atom stereocenters. The van der Waals surface area contributed by atoms with Crippen molar-refractivity contribution in [3.63, 3.8) is 0 Å². The van der Waals surface area contributed by atoms with Crippen LogP contribution in [0.15, 0.2) is 41.8 Å². The van der Waals surface area contributed by atoms with E-state index in [1.54, 1.807) is 11.3 Å². The molecule has 0 radical (unpaired) electrons. The second kappa shape index (κ2) is 9.37. The van der Waals surface area contributed by atoms with Crippen LogP contribution >= 0.6 is 11.3 Å². The Kier molecular flexibility index (Phi) is 6.89. The summed E-state index contributed by atoms with van der Waals surface area (Å²) in [4.78, 5) is 28.5. The number of carbonyl (C=O) groups is 2. The second-order valence-corrected chi connectivity index (χ2v) is 8.53. The molecule has 4 nitrogen and oxygen atoms in total. The van der Waals surface area contributed by atoms with E-state index in [0.717, 1.165) is 6.42 Å². The lowest BCUT2D eigenvalue weighted by Gasteiger charge is -2.41. The zero-order valence-corrected chi connectivity index (χ0v) is 17.7. The van der Waals surface area contributed by atoms with E-state index in [2.05, 4.69) is 54.0 Å². The molecule has 1 aromatic heterocycles. The fourth-order valence-electron chi connectivity index (χ4n) is 4.03. The van der Waals surface area contributed by atoms with Crippen molar-refractivity contribution in [3.05, 3.63) is 47.3 Å². The number of hydrogen-bond donors (Lipinski definition) is 1. The summed E-state index contributed by atoms with van der Waals surface area (Å²) in [7, 11) is 0. The average Bonchev–Trinajstić information content (AvgIpc) is 3.27. The van der Waals surface area contributed by atoms with Crippen LogP contribution in [-0.2, 0) is 16.0 Å². The number of likely N-dealkylation sites (tertiary alicyclic amines) is 1. The normalized spacial score (nSPS) is 16.0. The third-order valence-corrected chi connectivity index (χ3v) is 6.63. The third kappa shape index (κ3) is 4.46. The van der Waals surface area contributed by atoms with Gasteiger partial charge in [-0.15, -0.1) is 11.3 Å². The summed E-state index contributed by atoms with van der Waals surface area (Å²) in [6, 6.07) is 12.6. The minimum Gasteiger partial charge on any atom is -0.356 e. The first kappa shape index (κ1) is 20.6. The zero-order valence-electron chi connectivity index (χ0n) is 16.9. The van der Waals surface area contributed by atoms with Gasteiger partial charge in [-0.1, -0.05) is 44.2 Å². The van der Waals surface area contributed by atoms with Crippen LogP contribution in [0, 0.1) is 5.41 Å². The Morgan fingerprint density at radius 2 is 1.86 bits per heavy atom. The monoisotopic (exact) mass is 398 g/mol. The molecule has 5 heteroatoms. The summed E-state index contributed by atoms with van der Waals surface area (Å²) in [5, 5.41) is 5.22. The van der Waals surface area contributed by atoms with Gasteiger partial charge in [0, 0.05) is 30.9 Å². The Labute approximate surface area is 172 Å². The van der Waals surface area contributed by atoms with Crippen molar-refractivity contribution in [1.82, 2.24) is 10.2 Å². The van der Waals surface area contributed by atoms with Crippen molar-refractivity contribution in [2.75, 3.05) is 19.6 Å². The van der Waals surface area contributed by atoms with Crippen molar-refractivity contribution < 1.29 is 9.59 Å². The highest BCUT2D eigenvalue weighted by molar-refractivity contribution is 7.13. The number of nitrogens with zero attached hydrogens (tertiary/aromatic N) is 1. The van der Waals surface area contributed by atoms with Gasteiger partial charge in [0.15, 0.2) is 0 Å². The minimum absolute atomic E-state index is 0.138. The van der Waals surface area contributed by atoms with Crippen LogP contribution in [0.25, 0.3) is 10.4 Å². The van der Waals surface area contributed by atoms with E-state index in [1.807, 2.05) is 11.8 Å². The Bertz CT molecular complexity index is 793. The predicted octanol–water partition coefficient (Wildman–Crippen LogP) is 4.50. The first-order valence-electron chi connectivity index (χ1n) is 10.3. The van der Waals surface area contributed by atoms with Crippen LogP contribution < -0.4 is 5.32 Å². The van der Waals surface area contributed by atoms with Gasteiger partial charge in [-0.3, -0.25) is 9.59 Å². The van der Waals surface area contributed by atoms with E-state index in [-0.39, 0.29) is 11.8 Å². The van der Waals surface area contributed by atoms with Gasteiger partial charge in [0.1, 0.15) is 0 Å². The van der Waals surface area contributed by atoms with Gasteiger partial charge < -0.3 is 10.2 Å². The predicted molar refractivity (Wildman–Crippen MR) is 115 cm³/mol. The van der Waals surface area contributed by atoms with Crippen LogP contribution in [0.4, 0.5) is 0 Å². The molecule has 1 aliphatic heterocycles. The van der Waals surface area contributed by atoms with Gasteiger partial charge in [-0.05, 0) is 48.3 Å². The Morgan fingerprint density at radius 1 is 1.11 bits per heavy atom. The number of hydrogen-bond acceptors (Lipinski definition) is 3. The molecular weight excluding hydrogens is 368 g/mol. The third-order valence-electron chi connectivity index (χ3n) is 5.73. The van der Waals surface area contributed by atoms with Crippen molar-refractivity contribution in [1.29, 1.82) is 0 Å². The van der Waals surface area contributed by atoms with Gasteiger partial charge in [0.05, 0.1) is 5.41 Å². The summed E-state index contributed by atoms with van der Waals surface area (Å²) >= 11 is 1.73. The minimum atomic E-state index is -0.451. The van der Waals surface area contributed by atoms with Crippen molar-refractivity contribution in [3.8, 4) is 10.4 Å². The van der Waals surface area contributed by atoms with Crippen molar-refractivity contribution >= 4 is 23.2 Å². The number of amides is 2. The molecule has 1 aromatic carbocycles. The van der Waals surface area contributed by atoms with E-state index in [4.69, 9.17) is 0 Å². The molecule has 1 aliphatic rings. The summed E-state index contributed by atoms with van der Waals surface area (Å²) in [5.41, 5.74) is 1.98. The lowest BCUT2D eigenvalue weighted by atomic mass is 9.72. The number of carbonyl (C=O) groups excluding carboxylic acids is 2. The molecule has 0 saturated carbocycles. The van der Waals surface area contributed by atoms with E-state index >= 15 is 0 Å². The first-order chi connectivity index (χ1) is 13.6. The van der Waals surface area contributed by atoms with Gasteiger partial charge in [-0.25, -0.2) is 0 Å². The van der Waals surface area contributed by atoms with E-state index in [0.29, 0.717) is 45.3 Å². The number of piperidine rings is 1. The Hall–Kier alpha value is -2.14. The molecule has 0 bridgehead atoms. The molecule has 3 rings (SSSR count). The fourth-order valence-corrected chi connectivity index (χ4v) is 4.82. The highest BCUT2D eigenvalue weighted by Crippen LogP contribution is 2.39. The largest absolute Gasteiger partial charge is 0.356 e. The van der Waals surface area contributed by atoms with E-state index in [9.17, 15) is 9.59 Å². The molecule has 0 aliphatic carbocycles. The number of benzene rings is 1. The Morgan fingerprint density at radius 3 is 2.50 bits per heavy atom. The average molecular weight is 399 g/mol. The molecule has 2 amide bonds. The molecule has 0 spiro atoms. The summed E-state index contributed by atoms with van der Waals surface area (Å²) in [6.07, 6.45) is 3.59. The lowest BCUT2D eigenvalue weighted by molar-refractivity contribution is -0.140. The number of nitrogens with one attached hydrogen (secondary N) is 1. The van der Waals surface area contributed by atoms with Crippen LogP contribution in [0.2, 0.25) is 0 Å². The smallest absolute Gasteiger partial charge is 0.226 e. The lowest BCUT2D eigenvalue weighted by Crippen LogP contribution is -2.51. The zero-order chi connectivity index (χ0) is 20.0. The molecule has 1 saturated heterocycles. The van der Waals surface area contributed by atoms with Gasteiger partial charge in [-0.2, -0.15) is 0 Å². The van der Waals surface area contributed by atoms with E-state index in [1.165, 1.54) is 16.0 Å². The van der Waals surface area contributed by atoms with Crippen LogP contribution in [0.1, 0.15) is 45.1 Å². The van der Waals surface area contributed by atoms with Gasteiger partial charge in [0.25, 0.3) is 0 Å². The van der Waals surface area contributed by atoms with Gasteiger partial charge >= 0.3 is 0 Å². The molecule has 1 N–H and O–H groups in total. The molecule has 2 aromatic rings. The molecular formula is C23H30N2O2S. The summed E-state index contributed by atoms with van der Waals surface area (Å²) in [6.45, 7) is 5.99. The quantitative estimate of drug-likeness (QED) is 0.746. The molecule has 28 heavy (non-hydrogen) atoms. The van der Waals surface area contributed by atoms with Crippen LogP contribution in [-0.4, -0.2) is 36.3 Å². The standard InChI is InChI=1S/C23H30N2O2S/c1-3-13-24-22(27)23(11-14-25(15-12-23)21(26)4-2)17-18-8-5-6-9-19(18)20-10-7-16-28-20/h5-10,16H,3-4,11-15,17H2,1-2H3,(H,24,27). The maximum Gasteiger partial charge on any atom is 0.226 e. The molecule has 150 valence electrons. The fraction of sp³-hybridized carbons (Fsp3) is 0.478. The van der Waals surface area contributed by atoms with Crippen LogP contribution in [0.3, 0.4) is 0 Å². The molecule has 1 fully saturated rings. The number of rotatable bonds is 7. The highest BCUT2D eigenvalue weighted by Gasteiger charge is 2.42. The first-order valence-corrected chi connectivity index (χ1v) is 11.2.